The molecule has 2 saturated heterocycles. The highest BCUT2D eigenvalue weighted by Crippen LogP contribution is 2.40. The first-order chi connectivity index (χ1) is 41.4. The van der Waals surface area contributed by atoms with Gasteiger partial charge in [-0.2, -0.15) is 0 Å². The van der Waals surface area contributed by atoms with Crippen molar-refractivity contribution in [3.05, 3.63) is 119 Å². The molecule has 4 aliphatic heterocycles. The van der Waals surface area contributed by atoms with E-state index in [-0.39, 0.29) is 60.8 Å². The standard InChI is InChI=1S/C43H46FN7O7.C21H31ClN2O5/c1-43(2,3)58-42(55)47-14-11-26(12-15-47)22-50(23-27-9-10-30(56-4)20-34(27)57-5)41(54)49-17-16-48-25-32(31-19-29(44)18-28(24-49)38(31)48)36-37(40(53)46-39(36)52)33-21-45-35-8-6-7-13-51(33)35;1-21(2,3)29-20(26)23-10-8-15(9-11-23)13-24(19(22)25)14-16-6-7-17(27-4)12-18(16)28-5/h6-10,13,18-21,25-26H,11-12,14-17,22-24H2,1-5H3,(H,46,52,53);6-7,12,15H,8-11,13-14H2,1-5H3. The van der Waals surface area contributed by atoms with Gasteiger partial charge in [0.25, 0.3) is 11.8 Å². The highest BCUT2D eigenvalue weighted by molar-refractivity contribution is 6.62. The van der Waals surface area contributed by atoms with Crippen LogP contribution >= 0.6 is 11.6 Å². The number of carbonyl (C=O) groups is 6. The second-order valence-electron chi connectivity index (χ2n) is 24.2. The van der Waals surface area contributed by atoms with Crippen molar-refractivity contribution >= 4 is 74.7 Å². The summed E-state index contributed by atoms with van der Waals surface area (Å²) in [7, 11) is 6.32. The van der Waals surface area contributed by atoms with E-state index in [1.807, 2.05) is 87.4 Å². The Morgan fingerprint density at radius 1 is 0.667 bits per heavy atom. The van der Waals surface area contributed by atoms with E-state index in [2.05, 4.69) is 10.3 Å². The SMILES string of the molecule is COc1ccc(CN(CC2CCN(C(=O)OC(C)(C)C)CC2)C(=O)Cl)c(OC)c1.COc1ccc(CN(CC2CCN(C(=O)OC(C)(C)C)CC2)C(=O)N2CCn3cc(C4=C(c5cnc6ccccn56)C(=O)NC4=O)c4cc(F)cc(c43)C2)c(OC)c1. The molecule has 10 rings (SSSR count). The van der Waals surface area contributed by atoms with E-state index in [1.54, 1.807) is 89.2 Å². The Labute approximate surface area is 510 Å². The van der Waals surface area contributed by atoms with Crippen molar-refractivity contribution in [2.75, 3.05) is 74.3 Å². The Balaban J connectivity index is 0.000000262. The molecular weight excluding hydrogens is 1140 g/mol. The van der Waals surface area contributed by atoms with Gasteiger partial charge in [0.15, 0.2) is 0 Å². The molecular formula is C64H77ClFN9O12. The second-order valence-corrected chi connectivity index (χ2v) is 24.5. The minimum Gasteiger partial charge on any atom is -0.497 e. The first-order valence-corrected chi connectivity index (χ1v) is 29.5. The molecule has 0 unspecified atom stereocenters. The summed E-state index contributed by atoms with van der Waals surface area (Å²) in [6.45, 7) is 15.6. The van der Waals surface area contributed by atoms with Crippen LogP contribution in [0.1, 0.15) is 95.2 Å². The largest absolute Gasteiger partial charge is 0.497 e. The van der Waals surface area contributed by atoms with Gasteiger partial charge in [-0.1, -0.05) is 6.07 Å². The molecule has 0 atom stereocenters. The normalized spacial score (nSPS) is 15.8. The number of hydrogen-bond donors (Lipinski definition) is 1. The number of urea groups is 1. The van der Waals surface area contributed by atoms with Crippen LogP contribution in [0.3, 0.4) is 0 Å². The number of rotatable bonds is 14. The zero-order valence-electron chi connectivity index (χ0n) is 51.1. The van der Waals surface area contributed by atoms with Gasteiger partial charge in [-0.05, 0) is 145 Å². The number of benzene rings is 3. The lowest BCUT2D eigenvalue weighted by molar-refractivity contribution is -0.122. The highest BCUT2D eigenvalue weighted by atomic mass is 35.5. The lowest BCUT2D eigenvalue weighted by Gasteiger charge is -2.37. The Kier molecular flexibility index (Phi) is 19.3. The second kappa shape index (κ2) is 26.6. The van der Waals surface area contributed by atoms with Crippen molar-refractivity contribution in [3.63, 3.8) is 0 Å². The lowest BCUT2D eigenvalue weighted by atomic mass is 9.96. The molecule has 6 aromatic rings. The predicted octanol–water partition coefficient (Wildman–Crippen LogP) is 10.6. The molecule has 7 amide bonds. The maximum Gasteiger partial charge on any atom is 0.410 e. The number of methoxy groups -OCH3 is 4. The zero-order chi connectivity index (χ0) is 62.5. The van der Waals surface area contributed by atoms with Crippen LogP contribution in [0.5, 0.6) is 23.0 Å². The molecule has 21 nitrogen and oxygen atoms in total. The zero-order valence-corrected chi connectivity index (χ0v) is 51.8. The van der Waals surface area contributed by atoms with Gasteiger partial charge in [0.1, 0.15) is 45.7 Å². The lowest BCUT2D eigenvalue weighted by Crippen LogP contribution is -2.47. The summed E-state index contributed by atoms with van der Waals surface area (Å²) in [5, 5.41) is 2.40. The minimum absolute atomic E-state index is 0.103. The van der Waals surface area contributed by atoms with Gasteiger partial charge >= 0.3 is 23.6 Å². The predicted molar refractivity (Wildman–Crippen MR) is 325 cm³/mol. The quantitative estimate of drug-likeness (QED) is 0.0612. The van der Waals surface area contributed by atoms with Crippen LogP contribution in [-0.4, -0.2) is 159 Å². The molecule has 464 valence electrons. The number of pyridine rings is 1. The van der Waals surface area contributed by atoms with E-state index >= 15 is 4.39 Å². The molecule has 7 heterocycles. The third-order valence-electron chi connectivity index (χ3n) is 15.9. The third-order valence-corrected chi connectivity index (χ3v) is 16.1. The van der Waals surface area contributed by atoms with E-state index in [4.69, 9.17) is 40.0 Å². The number of nitrogens with one attached hydrogen (secondary N) is 1. The monoisotopic (exact) mass is 1220 g/mol. The summed E-state index contributed by atoms with van der Waals surface area (Å²) >= 11 is 5.86. The fourth-order valence-corrected chi connectivity index (χ4v) is 11.7. The molecule has 3 aromatic carbocycles. The summed E-state index contributed by atoms with van der Waals surface area (Å²) in [5.41, 5.74) is 3.57. The van der Waals surface area contributed by atoms with Crippen molar-refractivity contribution in [1.82, 2.24) is 43.8 Å². The number of hydrogen-bond acceptors (Lipinski definition) is 13. The number of aromatic nitrogens is 3. The first kappa shape index (κ1) is 63.0. The molecule has 0 aliphatic carbocycles. The number of ether oxygens (including phenoxy) is 6. The van der Waals surface area contributed by atoms with Gasteiger partial charge in [0.05, 0.1) is 70.1 Å². The van der Waals surface area contributed by atoms with Gasteiger partial charge < -0.3 is 57.5 Å². The molecule has 0 spiro atoms. The van der Waals surface area contributed by atoms with Crippen LogP contribution in [0.15, 0.2) is 85.3 Å². The first-order valence-electron chi connectivity index (χ1n) is 29.1. The Morgan fingerprint density at radius 3 is 1.74 bits per heavy atom. The van der Waals surface area contributed by atoms with Gasteiger partial charge in [-0.15, -0.1) is 0 Å². The number of piperidine rings is 2. The maximum absolute atomic E-state index is 15.7. The highest BCUT2D eigenvalue weighted by Gasteiger charge is 2.38. The molecule has 87 heavy (non-hydrogen) atoms. The molecule has 3 aromatic heterocycles. The average molecular weight is 1220 g/mol. The van der Waals surface area contributed by atoms with Crippen molar-refractivity contribution in [2.24, 2.45) is 11.8 Å². The number of fused-ring (bicyclic) bond motifs is 1. The molecule has 4 aliphatic rings. The number of amides is 7. The summed E-state index contributed by atoms with van der Waals surface area (Å²) in [5.74, 6) is 1.23. The summed E-state index contributed by atoms with van der Waals surface area (Å²) in [4.78, 5) is 91.7. The van der Waals surface area contributed by atoms with Gasteiger partial charge in [0.2, 0.25) is 0 Å². The van der Waals surface area contributed by atoms with Gasteiger partial charge in [0, 0.05) is 106 Å². The molecule has 2 fully saturated rings. The number of imidazole rings is 1. The van der Waals surface area contributed by atoms with Crippen LogP contribution in [0, 0.1) is 17.7 Å². The van der Waals surface area contributed by atoms with E-state index in [0.717, 1.165) is 24.0 Å². The molecule has 0 radical (unpaired) electrons. The number of halogens is 2. The summed E-state index contributed by atoms with van der Waals surface area (Å²) in [6.07, 6.45) is 7.42. The molecule has 23 heteroatoms. The minimum atomic E-state index is -0.599. The fraction of sp³-hybridized carbons (Fsp3) is 0.453. The Bertz CT molecular complexity index is 3590. The molecule has 0 saturated carbocycles. The van der Waals surface area contributed by atoms with Crippen molar-refractivity contribution < 1.29 is 61.6 Å². The third kappa shape index (κ3) is 14.8. The van der Waals surface area contributed by atoms with E-state index < -0.39 is 34.2 Å². The van der Waals surface area contributed by atoms with Crippen molar-refractivity contribution in [1.29, 1.82) is 0 Å². The fourth-order valence-electron chi connectivity index (χ4n) is 11.6. The van der Waals surface area contributed by atoms with E-state index in [1.165, 1.54) is 12.1 Å². The smallest absolute Gasteiger partial charge is 0.410 e. The van der Waals surface area contributed by atoms with E-state index in [0.29, 0.717) is 122 Å². The van der Waals surface area contributed by atoms with Crippen LogP contribution in [0.2, 0.25) is 0 Å². The van der Waals surface area contributed by atoms with Crippen molar-refractivity contribution in [2.45, 2.75) is 105 Å². The Morgan fingerprint density at radius 2 is 1.21 bits per heavy atom. The topological polar surface area (TPSA) is 208 Å². The van der Waals surface area contributed by atoms with Crippen LogP contribution in [0.25, 0.3) is 27.7 Å². The number of imide groups is 1. The van der Waals surface area contributed by atoms with Gasteiger partial charge in [-0.25, -0.2) is 23.8 Å². The summed E-state index contributed by atoms with van der Waals surface area (Å²) < 4.78 is 52.2. The summed E-state index contributed by atoms with van der Waals surface area (Å²) in [6, 6.07) is 19.0. The van der Waals surface area contributed by atoms with E-state index in [9.17, 15) is 28.8 Å². The number of carbonyl (C=O) groups excluding carboxylic acids is 6. The number of nitrogens with zero attached hydrogens (tertiary/aromatic N) is 8. The van der Waals surface area contributed by atoms with Crippen LogP contribution in [0.4, 0.5) is 23.6 Å². The Hall–Kier alpha value is -8.53. The van der Waals surface area contributed by atoms with Crippen molar-refractivity contribution in [3.8, 4) is 23.0 Å². The number of likely N-dealkylation sites (tertiary alicyclic amines) is 2. The average Bonchev–Trinajstić information content (AvgIpc) is 1.66. The molecule has 1 N–H and O–H groups in total. The van der Waals surface area contributed by atoms with Gasteiger partial charge in [-0.3, -0.25) is 24.1 Å². The maximum atomic E-state index is 15.7. The van der Waals surface area contributed by atoms with Crippen LogP contribution < -0.4 is 24.3 Å². The molecule has 0 bridgehead atoms. The van der Waals surface area contributed by atoms with Crippen LogP contribution in [-0.2, 0) is 45.2 Å².